The minimum Gasteiger partial charge on any atom is -0.462 e. The molecular weight excluding hydrogens is 733 g/mol. The molecule has 6 heteroatoms. The fraction of sp³-hybridized carbons (Fsp3) is 0.943. The van der Waals surface area contributed by atoms with Crippen molar-refractivity contribution in [1.82, 2.24) is 0 Å². The molecule has 0 fully saturated rings. The molecular formula is C53H102O6. The van der Waals surface area contributed by atoms with Crippen LogP contribution in [0.2, 0.25) is 0 Å². The highest BCUT2D eigenvalue weighted by molar-refractivity contribution is 5.71. The van der Waals surface area contributed by atoms with Crippen LogP contribution in [0.25, 0.3) is 0 Å². The van der Waals surface area contributed by atoms with Gasteiger partial charge in [0.1, 0.15) is 13.2 Å². The summed E-state index contributed by atoms with van der Waals surface area (Å²) in [4.78, 5) is 37.9. The Morgan fingerprint density at radius 1 is 0.322 bits per heavy atom. The van der Waals surface area contributed by atoms with E-state index in [1.54, 1.807) is 0 Å². The maximum atomic E-state index is 12.8. The van der Waals surface area contributed by atoms with Gasteiger partial charge in [0.15, 0.2) is 6.10 Å². The molecule has 0 aromatic heterocycles. The van der Waals surface area contributed by atoms with Crippen LogP contribution >= 0.6 is 0 Å². The van der Waals surface area contributed by atoms with Crippen molar-refractivity contribution in [2.24, 2.45) is 11.8 Å². The Balaban J connectivity index is 4.30. The van der Waals surface area contributed by atoms with E-state index in [-0.39, 0.29) is 31.1 Å². The van der Waals surface area contributed by atoms with E-state index in [0.29, 0.717) is 19.3 Å². The monoisotopic (exact) mass is 835 g/mol. The van der Waals surface area contributed by atoms with Gasteiger partial charge in [0.05, 0.1) is 0 Å². The largest absolute Gasteiger partial charge is 0.462 e. The Kier molecular flexibility index (Phi) is 44.7. The molecule has 0 N–H and O–H groups in total. The summed E-state index contributed by atoms with van der Waals surface area (Å²) in [6, 6.07) is 0. The second-order valence-corrected chi connectivity index (χ2v) is 19.1. The normalized spacial score (nSPS) is 12.1. The fourth-order valence-corrected chi connectivity index (χ4v) is 7.99. The number of carbonyl (C=O) groups excluding carboxylic acids is 3. The molecule has 0 saturated carbocycles. The molecule has 350 valence electrons. The Morgan fingerprint density at radius 3 is 0.831 bits per heavy atom. The van der Waals surface area contributed by atoms with Gasteiger partial charge in [0.2, 0.25) is 0 Å². The molecule has 0 saturated heterocycles. The zero-order valence-electron chi connectivity index (χ0n) is 40.4. The maximum Gasteiger partial charge on any atom is 0.306 e. The van der Waals surface area contributed by atoms with Gasteiger partial charge in [-0.2, -0.15) is 0 Å². The first-order chi connectivity index (χ1) is 28.7. The van der Waals surface area contributed by atoms with E-state index in [2.05, 4.69) is 34.6 Å². The van der Waals surface area contributed by atoms with E-state index in [1.165, 1.54) is 180 Å². The molecule has 0 rings (SSSR count). The predicted octanol–water partition coefficient (Wildman–Crippen LogP) is 16.9. The lowest BCUT2D eigenvalue weighted by Crippen LogP contribution is -2.30. The first-order valence-electron chi connectivity index (χ1n) is 26.2. The molecule has 59 heavy (non-hydrogen) atoms. The van der Waals surface area contributed by atoms with E-state index in [4.69, 9.17) is 14.2 Å². The highest BCUT2D eigenvalue weighted by Crippen LogP contribution is 2.17. The van der Waals surface area contributed by atoms with Crippen molar-refractivity contribution in [3.63, 3.8) is 0 Å². The maximum absolute atomic E-state index is 12.8. The van der Waals surface area contributed by atoms with Crippen LogP contribution in [0.4, 0.5) is 0 Å². The molecule has 0 heterocycles. The molecule has 0 aliphatic heterocycles. The third-order valence-electron chi connectivity index (χ3n) is 12.0. The van der Waals surface area contributed by atoms with E-state index < -0.39 is 6.10 Å². The van der Waals surface area contributed by atoms with Crippen molar-refractivity contribution in [2.45, 2.75) is 298 Å². The number of rotatable bonds is 47. The van der Waals surface area contributed by atoms with Crippen molar-refractivity contribution >= 4 is 17.9 Å². The Hall–Kier alpha value is -1.59. The van der Waals surface area contributed by atoms with Gasteiger partial charge in [-0.25, -0.2) is 0 Å². The molecule has 0 aliphatic rings. The average molecular weight is 835 g/mol. The molecule has 6 nitrogen and oxygen atoms in total. The number of ether oxygens (including phenoxy) is 3. The number of unbranched alkanes of at least 4 members (excludes halogenated alkanes) is 32. The minimum absolute atomic E-state index is 0.0639. The van der Waals surface area contributed by atoms with Crippen LogP contribution in [0.3, 0.4) is 0 Å². The first kappa shape index (κ1) is 57.4. The molecule has 1 atom stereocenters. The summed E-state index contributed by atoms with van der Waals surface area (Å²) < 4.78 is 16.8. The molecule has 0 bridgehead atoms. The standard InChI is InChI=1S/C53H102O6/c1-6-7-8-9-10-11-12-13-14-15-16-17-23-28-33-38-43-51(54)57-46-50(59-53(56)45-40-35-30-25-20-22-27-32-37-42-49(4)5)47-58-52(55)44-39-34-29-24-19-18-21-26-31-36-41-48(2)3/h48-50H,6-47H2,1-5H3/t50-/m0/s1. The van der Waals surface area contributed by atoms with E-state index >= 15 is 0 Å². The smallest absolute Gasteiger partial charge is 0.306 e. The number of hydrogen-bond donors (Lipinski definition) is 0. The van der Waals surface area contributed by atoms with E-state index in [9.17, 15) is 14.4 Å². The van der Waals surface area contributed by atoms with Crippen LogP contribution in [-0.2, 0) is 28.6 Å². The van der Waals surface area contributed by atoms with Crippen LogP contribution < -0.4 is 0 Å². The SMILES string of the molecule is CCCCCCCCCCCCCCCCCCC(=O)OC[C@@H](COC(=O)CCCCCCCCCCCCC(C)C)OC(=O)CCCCCCCCCCCC(C)C. The van der Waals surface area contributed by atoms with Crippen LogP contribution in [-0.4, -0.2) is 37.2 Å². The zero-order valence-corrected chi connectivity index (χ0v) is 40.4. The first-order valence-corrected chi connectivity index (χ1v) is 26.2. The van der Waals surface area contributed by atoms with Crippen molar-refractivity contribution < 1.29 is 28.6 Å². The third-order valence-corrected chi connectivity index (χ3v) is 12.0. The lowest BCUT2D eigenvalue weighted by molar-refractivity contribution is -0.167. The number of esters is 3. The average Bonchev–Trinajstić information content (AvgIpc) is 3.20. The predicted molar refractivity (Wildman–Crippen MR) is 252 cm³/mol. The van der Waals surface area contributed by atoms with Crippen LogP contribution in [0, 0.1) is 11.8 Å². The lowest BCUT2D eigenvalue weighted by Gasteiger charge is -2.18. The summed E-state index contributed by atoms with van der Waals surface area (Å²) in [6.07, 6.45) is 46.6. The second-order valence-electron chi connectivity index (χ2n) is 19.1. The molecule has 0 radical (unpaired) electrons. The fourth-order valence-electron chi connectivity index (χ4n) is 7.99. The molecule has 0 aliphatic carbocycles. The van der Waals surface area contributed by atoms with Crippen molar-refractivity contribution in [3.8, 4) is 0 Å². The van der Waals surface area contributed by atoms with Crippen LogP contribution in [0.1, 0.15) is 291 Å². The van der Waals surface area contributed by atoms with Gasteiger partial charge in [-0.05, 0) is 31.1 Å². The summed E-state index contributed by atoms with van der Waals surface area (Å²) in [5.41, 5.74) is 0. The summed E-state index contributed by atoms with van der Waals surface area (Å²) in [5, 5.41) is 0. The van der Waals surface area contributed by atoms with Gasteiger partial charge in [-0.1, -0.05) is 253 Å². The molecule has 0 spiro atoms. The van der Waals surface area contributed by atoms with Gasteiger partial charge in [0, 0.05) is 19.3 Å². The number of carbonyl (C=O) groups is 3. The van der Waals surface area contributed by atoms with Gasteiger partial charge < -0.3 is 14.2 Å². The Bertz CT molecular complexity index is 900. The van der Waals surface area contributed by atoms with Gasteiger partial charge in [-0.3, -0.25) is 14.4 Å². The number of hydrogen-bond acceptors (Lipinski definition) is 6. The quantitative estimate of drug-likeness (QED) is 0.0345. The molecule has 0 aromatic rings. The summed E-state index contributed by atoms with van der Waals surface area (Å²) in [5.74, 6) is 0.776. The second kappa shape index (κ2) is 45.9. The summed E-state index contributed by atoms with van der Waals surface area (Å²) in [7, 11) is 0. The van der Waals surface area contributed by atoms with Crippen LogP contribution in [0.5, 0.6) is 0 Å². The van der Waals surface area contributed by atoms with Crippen molar-refractivity contribution in [3.05, 3.63) is 0 Å². The Morgan fingerprint density at radius 2 is 0.559 bits per heavy atom. The Labute approximate surface area is 368 Å². The van der Waals surface area contributed by atoms with Crippen molar-refractivity contribution in [1.29, 1.82) is 0 Å². The molecule has 0 amide bonds. The lowest BCUT2D eigenvalue weighted by atomic mass is 10.0. The minimum atomic E-state index is -0.762. The summed E-state index contributed by atoms with van der Waals surface area (Å²) in [6.45, 7) is 11.3. The third kappa shape index (κ3) is 47.3. The molecule has 0 aromatic carbocycles. The highest BCUT2D eigenvalue weighted by Gasteiger charge is 2.19. The topological polar surface area (TPSA) is 78.9 Å². The van der Waals surface area contributed by atoms with E-state index in [0.717, 1.165) is 69.6 Å². The van der Waals surface area contributed by atoms with Crippen LogP contribution in [0.15, 0.2) is 0 Å². The van der Waals surface area contributed by atoms with Gasteiger partial charge >= 0.3 is 17.9 Å². The highest BCUT2D eigenvalue weighted by atomic mass is 16.6. The van der Waals surface area contributed by atoms with Gasteiger partial charge in [-0.15, -0.1) is 0 Å². The van der Waals surface area contributed by atoms with Crippen molar-refractivity contribution in [2.75, 3.05) is 13.2 Å². The van der Waals surface area contributed by atoms with Gasteiger partial charge in [0.25, 0.3) is 0 Å². The summed E-state index contributed by atoms with van der Waals surface area (Å²) >= 11 is 0. The molecule has 0 unspecified atom stereocenters. The van der Waals surface area contributed by atoms with E-state index in [1.807, 2.05) is 0 Å². The zero-order chi connectivity index (χ0) is 43.3.